The summed E-state index contributed by atoms with van der Waals surface area (Å²) in [6, 6.07) is 5.90. The highest BCUT2D eigenvalue weighted by Crippen LogP contribution is 2.24. The third-order valence-electron chi connectivity index (χ3n) is 2.86. The monoisotopic (exact) mass is 329 g/mol. The standard InChI is InChI=1S/C14H19N3O2S.ClH/c1-17(9-13-7-16-14(15)20-13)8-10-4-11(18-2)6-12(5-10)19-3;/h4-7H,8-9H2,1-3H3,(H2,15,16);1H. The van der Waals surface area contributed by atoms with E-state index in [1.54, 1.807) is 14.2 Å². The van der Waals surface area contributed by atoms with Crippen molar-refractivity contribution in [3.05, 3.63) is 34.8 Å². The number of aromatic nitrogens is 1. The van der Waals surface area contributed by atoms with Gasteiger partial charge in [-0.15, -0.1) is 23.7 Å². The van der Waals surface area contributed by atoms with Crippen molar-refractivity contribution in [2.75, 3.05) is 27.0 Å². The normalized spacial score (nSPS) is 10.3. The first-order valence-corrected chi connectivity index (χ1v) is 7.03. The van der Waals surface area contributed by atoms with Crippen LogP contribution in [0.5, 0.6) is 11.5 Å². The van der Waals surface area contributed by atoms with Crippen LogP contribution < -0.4 is 15.2 Å². The molecule has 0 fully saturated rings. The smallest absolute Gasteiger partial charge is 0.180 e. The lowest BCUT2D eigenvalue weighted by molar-refractivity contribution is 0.319. The van der Waals surface area contributed by atoms with Gasteiger partial charge in [-0.2, -0.15) is 0 Å². The molecule has 2 N–H and O–H groups in total. The number of ether oxygens (including phenoxy) is 2. The summed E-state index contributed by atoms with van der Waals surface area (Å²) in [4.78, 5) is 7.41. The molecule has 0 spiro atoms. The van der Waals surface area contributed by atoms with E-state index in [1.165, 1.54) is 11.3 Å². The second kappa shape index (κ2) is 8.07. The molecule has 0 radical (unpaired) electrons. The Morgan fingerprint density at radius 1 is 1.14 bits per heavy atom. The van der Waals surface area contributed by atoms with Crippen molar-refractivity contribution in [1.82, 2.24) is 9.88 Å². The Balaban J connectivity index is 0.00000220. The van der Waals surface area contributed by atoms with Crippen LogP contribution in [-0.2, 0) is 13.1 Å². The van der Waals surface area contributed by atoms with Crippen molar-refractivity contribution < 1.29 is 9.47 Å². The molecule has 1 aromatic heterocycles. The summed E-state index contributed by atoms with van der Waals surface area (Å²) in [6.45, 7) is 1.61. The van der Waals surface area contributed by atoms with Gasteiger partial charge in [-0.3, -0.25) is 4.90 Å². The number of nitrogens with zero attached hydrogens (tertiary/aromatic N) is 2. The predicted molar refractivity (Wildman–Crippen MR) is 88.5 cm³/mol. The molecule has 0 aliphatic heterocycles. The minimum absolute atomic E-state index is 0. The molecule has 0 atom stereocenters. The van der Waals surface area contributed by atoms with Crippen LogP contribution in [0.1, 0.15) is 10.4 Å². The number of hydrogen-bond acceptors (Lipinski definition) is 6. The quantitative estimate of drug-likeness (QED) is 0.883. The summed E-state index contributed by atoms with van der Waals surface area (Å²) in [5, 5.41) is 0.608. The van der Waals surface area contributed by atoms with Gasteiger partial charge in [0.15, 0.2) is 5.13 Å². The molecule has 0 unspecified atom stereocenters. The fraction of sp³-hybridized carbons (Fsp3) is 0.357. The molecule has 116 valence electrons. The number of rotatable bonds is 6. The maximum atomic E-state index is 5.64. The van der Waals surface area contributed by atoms with Crippen LogP contribution >= 0.6 is 23.7 Å². The van der Waals surface area contributed by atoms with E-state index in [4.69, 9.17) is 15.2 Å². The van der Waals surface area contributed by atoms with Gasteiger partial charge in [-0.25, -0.2) is 4.98 Å². The van der Waals surface area contributed by atoms with Gasteiger partial charge in [0.05, 0.1) is 14.2 Å². The lowest BCUT2D eigenvalue weighted by Gasteiger charge is -2.16. The number of hydrogen-bond donors (Lipinski definition) is 1. The second-order valence-electron chi connectivity index (χ2n) is 4.56. The van der Waals surface area contributed by atoms with E-state index >= 15 is 0 Å². The van der Waals surface area contributed by atoms with Gasteiger partial charge in [0.2, 0.25) is 0 Å². The van der Waals surface area contributed by atoms with Crippen molar-refractivity contribution in [3.8, 4) is 11.5 Å². The van der Waals surface area contributed by atoms with Gasteiger partial charge in [-0.1, -0.05) is 0 Å². The van der Waals surface area contributed by atoms with Gasteiger partial charge in [0.25, 0.3) is 0 Å². The number of anilines is 1. The molecule has 7 heteroatoms. The van der Waals surface area contributed by atoms with Gasteiger partial charge < -0.3 is 15.2 Å². The van der Waals surface area contributed by atoms with Crippen molar-refractivity contribution >= 4 is 28.9 Å². The molecule has 1 heterocycles. The van der Waals surface area contributed by atoms with Crippen LogP contribution in [0.25, 0.3) is 0 Å². The molecule has 1 aromatic carbocycles. The van der Waals surface area contributed by atoms with Crippen LogP contribution in [-0.4, -0.2) is 31.2 Å². The third-order valence-corrected chi connectivity index (χ3v) is 3.67. The fourth-order valence-electron chi connectivity index (χ4n) is 1.99. The Morgan fingerprint density at radius 2 is 1.76 bits per heavy atom. The van der Waals surface area contributed by atoms with Gasteiger partial charge in [0, 0.05) is 30.2 Å². The largest absolute Gasteiger partial charge is 0.497 e. The van der Waals surface area contributed by atoms with Crippen LogP contribution in [0.3, 0.4) is 0 Å². The number of thiazole rings is 1. The fourth-order valence-corrected chi connectivity index (χ4v) is 2.75. The highest BCUT2D eigenvalue weighted by Gasteiger charge is 2.07. The van der Waals surface area contributed by atoms with Crippen molar-refractivity contribution in [2.45, 2.75) is 13.1 Å². The van der Waals surface area contributed by atoms with E-state index in [0.29, 0.717) is 5.13 Å². The first kappa shape index (κ1) is 17.6. The average Bonchev–Trinajstić information content (AvgIpc) is 2.83. The highest BCUT2D eigenvalue weighted by molar-refractivity contribution is 7.15. The molecule has 0 aliphatic rings. The van der Waals surface area contributed by atoms with Crippen molar-refractivity contribution in [3.63, 3.8) is 0 Å². The van der Waals surface area contributed by atoms with Crippen LogP contribution in [0.4, 0.5) is 5.13 Å². The SMILES string of the molecule is COc1cc(CN(C)Cc2cnc(N)s2)cc(OC)c1.Cl. The second-order valence-corrected chi connectivity index (χ2v) is 5.70. The predicted octanol–water partition coefficient (Wildman–Crippen LogP) is 2.80. The summed E-state index contributed by atoms with van der Waals surface area (Å²) < 4.78 is 10.6. The van der Waals surface area contributed by atoms with Crippen molar-refractivity contribution in [2.24, 2.45) is 0 Å². The Labute approximate surface area is 135 Å². The summed E-state index contributed by atoms with van der Waals surface area (Å²) >= 11 is 1.52. The topological polar surface area (TPSA) is 60.6 Å². The molecular formula is C14H20ClN3O2S. The summed E-state index contributed by atoms with van der Waals surface area (Å²) in [6.07, 6.45) is 1.82. The minimum atomic E-state index is 0. The molecule has 5 nitrogen and oxygen atoms in total. The average molecular weight is 330 g/mol. The van der Waals surface area contributed by atoms with Crippen LogP contribution in [0.2, 0.25) is 0 Å². The molecule has 0 amide bonds. The van der Waals surface area contributed by atoms with Crippen LogP contribution in [0, 0.1) is 0 Å². The third kappa shape index (κ3) is 5.08. The Kier molecular flexibility index (Phi) is 6.74. The molecule has 2 aromatic rings. The lowest BCUT2D eigenvalue weighted by Crippen LogP contribution is -2.16. The van der Waals surface area contributed by atoms with E-state index in [0.717, 1.165) is 35.0 Å². The molecule has 0 aliphatic carbocycles. The van der Waals surface area contributed by atoms with E-state index in [1.807, 2.05) is 24.4 Å². The minimum Gasteiger partial charge on any atom is -0.497 e. The summed E-state index contributed by atoms with van der Waals surface area (Å²) in [5.41, 5.74) is 6.78. The summed E-state index contributed by atoms with van der Waals surface area (Å²) in [5.74, 6) is 1.60. The zero-order chi connectivity index (χ0) is 14.5. The van der Waals surface area contributed by atoms with E-state index in [-0.39, 0.29) is 12.4 Å². The summed E-state index contributed by atoms with van der Waals surface area (Å²) in [7, 11) is 5.37. The maximum Gasteiger partial charge on any atom is 0.180 e. The maximum absolute atomic E-state index is 5.64. The lowest BCUT2D eigenvalue weighted by atomic mass is 10.2. The zero-order valence-electron chi connectivity index (χ0n) is 12.3. The number of methoxy groups -OCH3 is 2. The number of halogens is 1. The van der Waals surface area contributed by atoms with Gasteiger partial charge >= 0.3 is 0 Å². The molecule has 0 bridgehead atoms. The molecule has 21 heavy (non-hydrogen) atoms. The molecule has 0 saturated carbocycles. The Hall–Kier alpha value is -1.50. The first-order valence-electron chi connectivity index (χ1n) is 6.21. The first-order chi connectivity index (χ1) is 9.60. The van der Waals surface area contributed by atoms with Gasteiger partial charge in [-0.05, 0) is 24.7 Å². The van der Waals surface area contributed by atoms with Crippen molar-refractivity contribution in [1.29, 1.82) is 0 Å². The number of nitrogen functional groups attached to an aromatic ring is 1. The van der Waals surface area contributed by atoms with Gasteiger partial charge in [0.1, 0.15) is 11.5 Å². The van der Waals surface area contributed by atoms with E-state index in [9.17, 15) is 0 Å². The van der Waals surface area contributed by atoms with E-state index < -0.39 is 0 Å². The molecule has 0 saturated heterocycles. The molecular weight excluding hydrogens is 310 g/mol. The number of benzene rings is 1. The zero-order valence-corrected chi connectivity index (χ0v) is 14.0. The highest BCUT2D eigenvalue weighted by atomic mass is 35.5. The Bertz CT molecular complexity index is 555. The molecule has 2 rings (SSSR count). The van der Waals surface area contributed by atoms with E-state index in [2.05, 4.69) is 16.9 Å². The Morgan fingerprint density at radius 3 is 2.24 bits per heavy atom. The van der Waals surface area contributed by atoms with Crippen LogP contribution in [0.15, 0.2) is 24.4 Å². The number of nitrogens with two attached hydrogens (primary N) is 1.